The van der Waals surface area contributed by atoms with Crippen LogP contribution in [0.1, 0.15) is 45.0 Å². The zero-order chi connectivity index (χ0) is 25.2. The molecule has 36 heavy (non-hydrogen) atoms. The van der Waals surface area contributed by atoms with Crippen molar-refractivity contribution in [1.82, 2.24) is 0 Å². The van der Waals surface area contributed by atoms with E-state index in [0.717, 1.165) is 36.2 Å². The molecule has 0 radical (unpaired) electrons. The molecule has 0 heterocycles. The van der Waals surface area contributed by atoms with E-state index >= 15 is 0 Å². The summed E-state index contributed by atoms with van der Waals surface area (Å²) in [4.78, 5) is 26.2. The number of esters is 1. The van der Waals surface area contributed by atoms with Crippen LogP contribution in [-0.2, 0) is 22.6 Å². The standard InChI is InChI=1S/C32H31NO3/c1-25-21-30(33(22-26-11-5-2-6-12-26)23-27-13-7-3-8-14-27)17-18-31(25)29(19-20-34)24-36-32(35)28-15-9-4-10-16-28/h2-18,20-21,29H,19,22-24H2,1H3/t29-/m0/s1. The molecule has 1 atom stereocenters. The van der Waals surface area contributed by atoms with Gasteiger partial charge in [0.2, 0.25) is 0 Å². The Kier molecular flexibility index (Phi) is 8.66. The van der Waals surface area contributed by atoms with Crippen molar-refractivity contribution in [3.05, 3.63) is 137 Å². The molecule has 0 fully saturated rings. The van der Waals surface area contributed by atoms with Crippen LogP contribution >= 0.6 is 0 Å². The van der Waals surface area contributed by atoms with Gasteiger partial charge in [-0.3, -0.25) is 0 Å². The normalized spacial score (nSPS) is 11.5. The molecule has 4 heteroatoms. The van der Waals surface area contributed by atoms with Gasteiger partial charge < -0.3 is 14.4 Å². The maximum absolute atomic E-state index is 12.4. The number of carbonyl (C=O) groups is 2. The van der Waals surface area contributed by atoms with E-state index in [9.17, 15) is 9.59 Å². The molecule has 0 aliphatic carbocycles. The van der Waals surface area contributed by atoms with E-state index in [1.807, 2.05) is 18.2 Å². The van der Waals surface area contributed by atoms with Crippen LogP contribution in [0.5, 0.6) is 0 Å². The lowest BCUT2D eigenvalue weighted by Gasteiger charge is -2.27. The molecule has 0 unspecified atom stereocenters. The molecule has 0 aliphatic heterocycles. The molecule has 0 spiro atoms. The van der Waals surface area contributed by atoms with Gasteiger partial charge in [0.15, 0.2) is 0 Å². The molecule has 0 aliphatic rings. The van der Waals surface area contributed by atoms with Crippen molar-refractivity contribution in [2.45, 2.75) is 32.4 Å². The predicted molar refractivity (Wildman–Crippen MR) is 144 cm³/mol. The molecule has 0 amide bonds. The van der Waals surface area contributed by atoms with Crippen LogP contribution in [0, 0.1) is 6.92 Å². The second kappa shape index (κ2) is 12.5. The molecule has 4 aromatic rings. The second-order valence-electron chi connectivity index (χ2n) is 8.93. The fraction of sp³-hybridized carbons (Fsp3) is 0.188. The number of nitrogens with zero attached hydrogens (tertiary/aromatic N) is 1. The Hall–Kier alpha value is -4.18. The topological polar surface area (TPSA) is 46.6 Å². The molecular formula is C32H31NO3. The third kappa shape index (κ3) is 6.70. The van der Waals surface area contributed by atoms with Crippen molar-refractivity contribution in [1.29, 1.82) is 0 Å². The lowest BCUT2D eigenvalue weighted by Crippen LogP contribution is -2.22. The first kappa shape index (κ1) is 24.9. The van der Waals surface area contributed by atoms with E-state index in [1.54, 1.807) is 24.3 Å². The van der Waals surface area contributed by atoms with Crippen molar-refractivity contribution in [3.8, 4) is 0 Å². The number of ether oxygens (including phenoxy) is 1. The van der Waals surface area contributed by atoms with E-state index in [-0.39, 0.29) is 18.5 Å². The third-order valence-corrected chi connectivity index (χ3v) is 6.30. The van der Waals surface area contributed by atoms with Crippen molar-refractivity contribution in [2.75, 3.05) is 11.5 Å². The third-order valence-electron chi connectivity index (χ3n) is 6.30. The summed E-state index contributed by atoms with van der Waals surface area (Å²) in [7, 11) is 0. The fourth-order valence-electron chi connectivity index (χ4n) is 4.40. The van der Waals surface area contributed by atoms with Crippen LogP contribution in [0.2, 0.25) is 0 Å². The minimum absolute atomic E-state index is 0.157. The van der Waals surface area contributed by atoms with E-state index in [1.165, 1.54) is 11.1 Å². The van der Waals surface area contributed by atoms with E-state index in [4.69, 9.17) is 4.74 Å². The monoisotopic (exact) mass is 477 g/mol. The molecule has 182 valence electrons. The fourth-order valence-corrected chi connectivity index (χ4v) is 4.40. The number of aryl methyl sites for hydroxylation is 1. The Labute approximate surface area is 213 Å². The van der Waals surface area contributed by atoms with Crippen LogP contribution in [0.4, 0.5) is 5.69 Å². The van der Waals surface area contributed by atoms with Crippen LogP contribution in [-0.4, -0.2) is 18.9 Å². The lowest BCUT2D eigenvalue weighted by atomic mass is 9.92. The quantitative estimate of drug-likeness (QED) is 0.177. The zero-order valence-corrected chi connectivity index (χ0v) is 20.5. The van der Waals surface area contributed by atoms with Gasteiger partial charge in [-0.25, -0.2) is 4.79 Å². The highest BCUT2D eigenvalue weighted by Crippen LogP contribution is 2.29. The van der Waals surface area contributed by atoms with E-state index in [2.05, 4.69) is 78.6 Å². The van der Waals surface area contributed by atoms with Crippen molar-refractivity contribution in [2.24, 2.45) is 0 Å². The molecule has 4 aromatic carbocycles. The Bertz CT molecular complexity index is 1220. The highest BCUT2D eigenvalue weighted by atomic mass is 16.5. The van der Waals surface area contributed by atoms with E-state index < -0.39 is 0 Å². The van der Waals surface area contributed by atoms with Gasteiger partial charge in [0.1, 0.15) is 6.29 Å². The number of anilines is 1. The average molecular weight is 478 g/mol. The van der Waals surface area contributed by atoms with Gasteiger partial charge in [0.25, 0.3) is 0 Å². The summed E-state index contributed by atoms with van der Waals surface area (Å²) >= 11 is 0. The number of rotatable bonds is 11. The minimum atomic E-state index is -0.377. The van der Waals surface area contributed by atoms with E-state index in [0.29, 0.717) is 12.0 Å². The number of hydrogen-bond acceptors (Lipinski definition) is 4. The Morgan fingerprint density at radius 3 is 1.89 bits per heavy atom. The van der Waals surface area contributed by atoms with Gasteiger partial charge in [0, 0.05) is 31.1 Å². The zero-order valence-electron chi connectivity index (χ0n) is 20.5. The number of hydrogen-bond donors (Lipinski definition) is 0. The first-order chi connectivity index (χ1) is 17.6. The highest BCUT2D eigenvalue weighted by Gasteiger charge is 2.19. The molecule has 0 saturated carbocycles. The maximum Gasteiger partial charge on any atom is 0.338 e. The summed E-state index contributed by atoms with van der Waals surface area (Å²) in [5, 5.41) is 0. The minimum Gasteiger partial charge on any atom is -0.461 e. The van der Waals surface area contributed by atoms with Gasteiger partial charge in [0.05, 0.1) is 12.2 Å². The first-order valence-electron chi connectivity index (χ1n) is 12.2. The summed E-state index contributed by atoms with van der Waals surface area (Å²) in [6, 6.07) is 36.1. The number of aldehydes is 1. The Morgan fingerprint density at radius 2 is 1.36 bits per heavy atom. The van der Waals surface area contributed by atoms with Crippen molar-refractivity contribution in [3.63, 3.8) is 0 Å². The van der Waals surface area contributed by atoms with Crippen molar-refractivity contribution >= 4 is 17.9 Å². The van der Waals surface area contributed by atoms with Crippen LogP contribution in [0.15, 0.2) is 109 Å². The molecule has 0 aromatic heterocycles. The maximum atomic E-state index is 12.4. The average Bonchev–Trinajstić information content (AvgIpc) is 2.92. The summed E-state index contributed by atoms with van der Waals surface area (Å²) in [5.41, 5.74) is 6.18. The van der Waals surface area contributed by atoms with Gasteiger partial charge >= 0.3 is 5.97 Å². The van der Waals surface area contributed by atoms with Crippen LogP contribution in [0.3, 0.4) is 0 Å². The largest absolute Gasteiger partial charge is 0.461 e. The van der Waals surface area contributed by atoms with Gasteiger partial charge in [-0.1, -0.05) is 84.9 Å². The molecule has 4 rings (SSSR count). The Morgan fingerprint density at radius 1 is 0.806 bits per heavy atom. The predicted octanol–water partition coefficient (Wildman–Crippen LogP) is 6.73. The lowest BCUT2D eigenvalue weighted by molar-refractivity contribution is -0.108. The summed E-state index contributed by atoms with van der Waals surface area (Å²) in [6.07, 6.45) is 1.19. The van der Waals surface area contributed by atoms with Gasteiger partial charge in [-0.05, 0) is 53.4 Å². The first-order valence-corrected chi connectivity index (χ1v) is 12.2. The van der Waals surface area contributed by atoms with Crippen molar-refractivity contribution < 1.29 is 14.3 Å². The van der Waals surface area contributed by atoms with Crippen LogP contribution < -0.4 is 4.90 Å². The molecule has 0 saturated heterocycles. The highest BCUT2D eigenvalue weighted by molar-refractivity contribution is 5.89. The summed E-state index contributed by atoms with van der Waals surface area (Å²) in [5.74, 6) is -0.571. The molecule has 0 N–H and O–H groups in total. The SMILES string of the molecule is Cc1cc(N(Cc2ccccc2)Cc2ccccc2)ccc1[C@@H](CC=O)COC(=O)c1ccccc1. The van der Waals surface area contributed by atoms with Gasteiger partial charge in [-0.2, -0.15) is 0 Å². The number of carbonyl (C=O) groups excluding carboxylic acids is 2. The summed E-state index contributed by atoms with van der Waals surface area (Å²) < 4.78 is 5.58. The molecular weight excluding hydrogens is 446 g/mol. The van der Waals surface area contributed by atoms with Gasteiger partial charge in [-0.15, -0.1) is 0 Å². The van der Waals surface area contributed by atoms with Crippen LogP contribution in [0.25, 0.3) is 0 Å². The smallest absolute Gasteiger partial charge is 0.338 e. The number of benzene rings is 4. The Balaban J connectivity index is 1.54. The summed E-state index contributed by atoms with van der Waals surface area (Å²) in [6.45, 7) is 3.77. The second-order valence-corrected chi connectivity index (χ2v) is 8.93. The molecule has 4 nitrogen and oxygen atoms in total. The molecule has 0 bridgehead atoms.